The second-order valence-electron chi connectivity index (χ2n) is 8.54. The first-order chi connectivity index (χ1) is 10.4. The minimum Gasteiger partial charge on any atom is -0.393 e. The average molecular weight is 302 g/mol. The zero-order valence-electron chi connectivity index (χ0n) is 13.6. The summed E-state index contributed by atoms with van der Waals surface area (Å²) < 4.78 is 0. The quantitative estimate of drug-likeness (QED) is 0.748. The molecule has 6 atom stereocenters. The van der Waals surface area contributed by atoms with E-state index in [2.05, 4.69) is 13.8 Å². The summed E-state index contributed by atoms with van der Waals surface area (Å²) >= 11 is 0. The molecule has 4 rings (SSSR count). The molecule has 22 heavy (non-hydrogen) atoms. The van der Waals surface area contributed by atoms with Gasteiger partial charge in [-0.05, 0) is 61.3 Å². The number of hydrogen-bond acceptors (Lipinski definition) is 3. The van der Waals surface area contributed by atoms with Crippen molar-refractivity contribution in [2.75, 3.05) is 0 Å². The summed E-state index contributed by atoms with van der Waals surface area (Å²) in [4.78, 5) is 24.2. The Labute approximate surface area is 132 Å². The van der Waals surface area contributed by atoms with E-state index in [1.807, 2.05) is 6.08 Å². The van der Waals surface area contributed by atoms with Gasteiger partial charge in [-0.3, -0.25) is 9.59 Å². The molecule has 0 aromatic heterocycles. The first kappa shape index (κ1) is 14.6. The molecule has 0 radical (unpaired) electrons. The van der Waals surface area contributed by atoms with Crippen LogP contribution in [-0.2, 0) is 9.59 Å². The van der Waals surface area contributed by atoms with E-state index in [4.69, 9.17) is 0 Å². The van der Waals surface area contributed by atoms with Crippen LogP contribution in [0.15, 0.2) is 11.6 Å². The maximum atomic E-state index is 12.4. The molecular formula is C19H26O3. The van der Waals surface area contributed by atoms with Crippen LogP contribution in [0, 0.1) is 28.6 Å². The van der Waals surface area contributed by atoms with Gasteiger partial charge in [0, 0.05) is 18.3 Å². The predicted molar refractivity (Wildman–Crippen MR) is 83.1 cm³/mol. The van der Waals surface area contributed by atoms with E-state index in [0.717, 1.165) is 25.7 Å². The molecule has 3 fully saturated rings. The maximum absolute atomic E-state index is 12.4. The largest absolute Gasteiger partial charge is 0.393 e. The molecule has 0 heterocycles. The minimum atomic E-state index is -0.407. The molecule has 3 heteroatoms. The van der Waals surface area contributed by atoms with Crippen LogP contribution in [0.3, 0.4) is 0 Å². The summed E-state index contributed by atoms with van der Waals surface area (Å²) in [7, 11) is 0. The smallest absolute Gasteiger partial charge is 0.155 e. The van der Waals surface area contributed by atoms with Crippen molar-refractivity contribution in [1.29, 1.82) is 0 Å². The van der Waals surface area contributed by atoms with Crippen molar-refractivity contribution in [3.8, 4) is 0 Å². The Morgan fingerprint density at radius 3 is 2.64 bits per heavy atom. The third-order valence-corrected chi connectivity index (χ3v) is 7.61. The molecule has 0 saturated heterocycles. The minimum absolute atomic E-state index is 0.0385. The van der Waals surface area contributed by atoms with E-state index in [9.17, 15) is 14.7 Å². The lowest BCUT2D eigenvalue weighted by atomic mass is 9.46. The van der Waals surface area contributed by atoms with Gasteiger partial charge in [-0.15, -0.1) is 0 Å². The fourth-order valence-corrected chi connectivity index (χ4v) is 6.46. The first-order valence-corrected chi connectivity index (χ1v) is 8.81. The van der Waals surface area contributed by atoms with Crippen molar-refractivity contribution in [2.45, 2.75) is 64.9 Å². The second kappa shape index (κ2) is 4.53. The van der Waals surface area contributed by atoms with Crippen LogP contribution in [0.1, 0.15) is 58.8 Å². The van der Waals surface area contributed by atoms with Crippen LogP contribution in [0.2, 0.25) is 0 Å². The zero-order chi connectivity index (χ0) is 15.7. The molecule has 0 aromatic rings. The van der Waals surface area contributed by atoms with Crippen LogP contribution in [0.4, 0.5) is 0 Å². The second-order valence-corrected chi connectivity index (χ2v) is 8.54. The molecule has 0 aromatic carbocycles. The summed E-state index contributed by atoms with van der Waals surface area (Å²) in [5.41, 5.74) is 0.920. The van der Waals surface area contributed by atoms with Gasteiger partial charge in [0.15, 0.2) is 5.78 Å². The van der Waals surface area contributed by atoms with E-state index in [-0.39, 0.29) is 22.5 Å². The summed E-state index contributed by atoms with van der Waals surface area (Å²) in [6.45, 7) is 4.34. The van der Waals surface area contributed by atoms with E-state index >= 15 is 0 Å². The standard InChI is InChI=1S/C19H26O3/c1-18-8-7-12(20)9-11(18)3-4-13-14-5-6-16(22)19(14,2)10-15(21)17(13)18/h9,13-15,17,21H,3-8,10H2,1-2H3/t13-,14+,15+,17-,18+,19-/m0/s1. The molecule has 4 aliphatic carbocycles. The third-order valence-electron chi connectivity index (χ3n) is 7.61. The highest BCUT2D eigenvalue weighted by molar-refractivity contribution is 5.91. The highest BCUT2D eigenvalue weighted by Gasteiger charge is 2.61. The van der Waals surface area contributed by atoms with E-state index in [1.165, 1.54) is 5.57 Å². The van der Waals surface area contributed by atoms with Gasteiger partial charge < -0.3 is 5.11 Å². The molecule has 1 N–H and O–H groups in total. The Bertz CT molecular complexity index is 577. The van der Waals surface area contributed by atoms with Crippen LogP contribution in [-0.4, -0.2) is 22.8 Å². The number of rotatable bonds is 0. The SMILES string of the molecule is C[C@@]12CCC(=O)C=C1CC[C@@H]1[C@H]2[C@H](O)C[C@]2(C)C(=O)CC[C@H]12. The first-order valence-electron chi connectivity index (χ1n) is 8.81. The van der Waals surface area contributed by atoms with Crippen LogP contribution in [0.5, 0.6) is 0 Å². The highest BCUT2D eigenvalue weighted by Crippen LogP contribution is 2.64. The Morgan fingerprint density at radius 2 is 1.86 bits per heavy atom. The number of carbonyl (C=O) groups excluding carboxylic acids is 2. The van der Waals surface area contributed by atoms with Gasteiger partial charge in [0.25, 0.3) is 0 Å². The highest BCUT2D eigenvalue weighted by atomic mass is 16.3. The van der Waals surface area contributed by atoms with Crippen molar-refractivity contribution < 1.29 is 14.7 Å². The molecule has 0 aliphatic heterocycles. The Morgan fingerprint density at radius 1 is 1.09 bits per heavy atom. The van der Waals surface area contributed by atoms with Crippen molar-refractivity contribution in [3.63, 3.8) is 0 Å². The van der Waals surface area contributed by atoms with Crippen LogP contribution in [0.25, 0.3) is 0 Å². The number of allylic oxidation sites excluding steroid dienone is 1. The number of aliphatic hydroxyl groups excluding tert-OH is 1. The number of hydrogen-bond donors (Lipinski definition) is 1. The summed E-state index contributed by atoms with van der Waals surface area (Å²) in [5, 5.41) is 10.9. The number of aliphatic hydroxyl groups is 1. The van der Waals surface area contributed by atoms with Crippen molar-refractivity contribution in [1.82, 2.24) is 0 Å². The summed E-state index contributed by atoms with van der Waals surface area (Å²) in [6.07, 6.45) is 7.24. The lowest BCUT2D eigenvalue weighted by molar-refractivity contribution is -0.147. The van der Waals surface area contributed by atoms with Gasteiger partial charge in [0.1, 0.15) is 5.78 Å². The van der Waals surface area contributed by atoms with Crippen molar-refractivity contribution in [2.24, 2.45) is 28.6 Å². The Kier molecular flexibility index (Phi) is 3.01. The number of ketones is 2. The van der Waals surface area contributed by atoms with Crippen LogP contribution < -0.4 is 0 Å². The summed E-state index contributed by atoms with van der Waals surface area (Å²) in [5.74, 6) is 1.71. The fourth-order valence-electron chi connectivity index (χ4n) is 6.46. The molecule has 3 nitrogen and oxygen atoms in total. The average Bonchev–Trinajstić information content (AvgIpc) is 2.75. The summed E-state index contributed by atoms with van der Waals surface area (Å²) in [6, 6.07) is 0. The Balaban J connectivity index is 1.75. The van der Waals surface area contributed by atoms with Crippen molar-refractivity contribution in [3.05, 3.63) is 11.6 Å². The molecule has 0 amide bonds. The van der Waals surface area contributed by atoms with E-state index < -0.39 is 6.10 Å². The fraction of sp³-hybridized carbons (Fsp3) is 0.789. The van der Waals surface area contributed by atoms with Gasteiger partial charge in [-0.1, -0.05) is 19.4 Å². The topological polar surface area (TPSA) is 54.4 Å². The van der Waals surface area contributed by atoms with Crippen LogP contribution >= 0.6 is 0 Å². The monoisotopic (exact) mass is 302 g/mol. The predicted octanol–water partition coefficient (Wildman–Crippen LogP) is 3.06. The lowest BCUT2D eigenvalue weighted by Crippen LogP contribution is -2.56. The lowest BCUT2D eigenvalue weighted by Gasteiger charge is -2.58. The molecule has 3 saturated carbocycles. The molecule has 0 bridgehead atoms. The number of carbonyl (C=O) groups is 2. The van der Waals surface area contributed by atoms with E-state index in [0.29, 0.717) is 36.9 Å². The van der Waals surface area contributed by atoms with Gasteiger partial charge in [-0.25, -0.2) is 0 Å². The van der Waals surface area contributed by atoms with Gasteiger partial charge in [0.2, 0.25) is 0 Å². The number of fused-ring (bicyclic) bond motifs is 5. The maximum Gasteiger partial charge on any atom is 0.155 e. The van der Waals surface area contributed by atoms with Gasteiger partial charge in [0.05, 0.1) is 6.10 Å². The molecular weight excluding hydrogens is 276 g/mol. The normalized spacial score (nSPS) is 51.0. The molecule has 4 aliphatic rings. The zero-order valence-corrected chi connectivity index (χ0v) is 13.6. The van der Waals surface area contributed by atoms with E-state index in [1.54, 1.807) is 0 Å². The molecule has 120 valence electrons. The van der Waals surface area contributed by atoms with Crippen molar-refractivity contribution >= 4 is 11.6 Å². The molecule has 0 spiro atoms. The Hall–Kier alpha value is -0.960. The van der Waals surface area contributed by atoms with Gasteiger partial charge >= 0.3 is 0 Å². The third kappa shape index (κ3) is 1.72. The number of Topliss-reactive ketones (excluding diaryl/α,β-unsaturated/α-hetero) is 1. The van der Waals surface area contributed by atoms with Gasteiger partial charge in [-0.2, -0.15) is 0 Å². The molecule has 0 unspecified atom stereocenters.